The first kappa shape index (κ1) is 15.5. The highest BCUT2D eigenvalue weighted by atomic mass is 35.5. The molecule has 0 aliphatic carbocycles. The zero-order valence-electron chi connectivity index (χ0n) is 11.9. The number of benzene rings is 2. The van der Waals surface area contributed by atoms with Crippen molar-refractivity contribution in [1.29, 1.82) is 0 Å². The number of nitrogens with one attached hydrogen (secondary N) is 1. The molecule has 4 nitrogen and oxygen atoms in total. The van der Waals surface area contributed by atoms with Crippen molar-refractivity contribution in [2.24, 2.45) is 0 Å². The van der Waals surface area contributed by atoms with E-state index in [0.29, 0.717) is 17.3 Å². The normalized spacial score (nSPS) is 12.1. The van der Waals surface area contributed by atoms with Gasteiger partial charge in [-0.05, 0) is 48.9 Å². The van der Waals surface area contributed by atoms with Crippen LogP contribution in [0.25, 0.3) is 0 Å². The van der Waals surface area contributed by atoms with E-state index in [2.05, 4.69) is 5.32 Å². The molecule has 1 atom stereocenters. The number of halogens is 1. The summed E-state index contributed by atoms with van der Waals surface area (Å²) in [5.74, 6) is 1.04. The molecule has 0 aliphatic rings. The molecule has 1 unspecified atom stereocenters. The molecule has 0 amide bonds. The molecule has 0 fully saturated rings. The van der Waals surface area contributed by atoms with Crippen LogP contribution in [0, 0.1) is 0 Å². The molecule has 21 heavy (non-hydrogen) atoms. The number of phenolic OH excluding ortho intramolecular Hbond substituents is 2. The van der Waals surface area contributed by atoms with Crippen LogP contribution in [0.2, 0.25) is 5.02 Å². The quantitative estimate of drug-likeness (QED) is 0.789. The van der Waals surface area contributed by atoms with Gasteiger partial charge in [0.05, 0.1) is 7.11 Å². The van der Waals surface area contributed by atoms with Crippen molar-refractivity contribution in [3.63, 3.8) is 0 Å². The maximum Gasteiger partial charge on any atom is 0.120 e. The molecule has 2 aromatic rings. The van der Waals surface area contributed by atoms with Gasteiger partial charge in [-0.15, -0.1) is 0 Å². The Balaban J connectivity index is 2.09. The number of ether oxygens (including phenoxy) is 1. The van der Waals surface area contributed by atoms with Crippen LogP contribution in [0.5, 0.6) is 17.2 Å². The van der Waals surface area contributed by atoms with Crippen molar-refractivity contribution in [1.82, 2.24) is 5.32 Å². The van der Waals surface area contributed by atoms with E-state index in [1.807, 2.05) is 6.92 Å². The average molecular weight is 308 g/mol. The van der Waals surface area contributed by atoms with Gasteiger partial charge < -0.3 is 20.3 Å². The van der Waals surface area contributed by atoms with E-state index in [1.54, 1.807) is 37.4 Å². The highest BCUT2D eigenvalue weighted by molar-refractivity contribution is 6.30. The van der Waals surface area contributed by atoms with Crippen LogP contribution in [0.3, 0.4) is 0 Å². The SMILES string of the molecule is COc1ccc(O)c(C(C)NCc2cc(O)cc(Cl)c2)c1. The van der Waals surface area contributed by atoms with Gasteiger partial charge in [-0.25, -0.2) is 0 Å². The lowest BCUT2D eigenvalue weighted by Gasteiger charge is -2.17. The molecular weight excluding hydrogens is 290 g/mol. The van der Waals surface area contributed by atoms with E-state index < -0.39 is 0 Å². The summed E-state index contributed by atoms with van der Waals surface area (Å²) in [5, 5.41) is 23.2. The molecule has 112 valence electrons. The summed E-state index contributed by atoms with van der Waals surface area (Å²) in [5.41, 5.74) is 1.62. The second-order valence-corrected chi connectivity index (χ2v) is 5.28. The molecule has 0 aliphatic heterocycles. The minimum Gasteiger partial charge on any atom is -0.508 e. The Morgan fingerprint density at radius 3 is 2.62 bits per heavy atom. The molecule has 0 saturated heterocycles. The number of rotatable bonds is 5. The monoisotopic (exact) mass is 307 g/mol. The molecular formula is C16H18ClNO3. The summed E-state index contributed by atoms with van der Waals surface area (Å²) in [6.07, 6.45) is 0. The Bertz CT molecular complexity index is 611. The zero-order valence-corrected chi connectivity index (χ0v) is 12.7. The standard InChI is InChI=1S/C16H18ClNO3/c1-10(15-8-14(21-2)3-4-16(15)20)18-9-11-5-12(17)7-13(19)6-11/h3-8,10,18-20H,9H2,1-2H3. The third kappa shape index (κ3) is 4.03. The van der Waals surface area contributed by atoms with Crippen LogP contribution in [0.15, 0.2) is 36.4 Å². The Hall–Kier alpha value is -1.91. The first-order chi connectivity index (χ1) is 9.99. The lowest BCUT2D eigenvalue weighted by Crippen LogP contribution is -2.18. The molecule has 0 radical (unpaired) electrons. The lowest BCUT2D eigenvalue weighted by atomic mass is 10.1. The van der Waals surface area contributed by atoms with Crippen molar-refractivity contribution in [2.45, 2.75) is 19.5 Å². The smallest absolute Gasteiger partial charge is 0.120 e. The van der Waals surface area contributed by atoms with Gasteiger partial charge in [0.15, 0.2) is 0 Å². The highest BCUT2D eigenvalue weighted by Gasteiger charge is 2.11. The zero-order chi connectivity index (χ0) is 15.4. The van der Waals surface area contributed by atoms with Gasteiger partial charge in [0.25, 0.3) is 0 Å². The van der Waals surface area contributed by atoms with E-state index in [4.69, 9.17) is 16.3 Å². The number of hydrogen-bond acceptors (Lipinski definition) is 4. The Morgan fingerprint density at radius 2 is 1.95 bits per heavy atom. The van der Waals surface area contributed by atoms with Crippen molar-refractivity contribution >= 4 is 11.6 Å². The van der Waals surface area contributed by atoms with Gasteiger partial charge in [-0.2, -0.15) is 0 Å². The van der Waals surface area contributed by atoms with Crippen LogP contribution >= 0.6 is 11.6 Å². The second kappa shape index (κ2) is 6.70. The average Bonchev–Trinajstić information content (AvgIpc) is 2.44. The predicted octanol–water partition coefficient (Wildman–Crippen LogP) is 3.61. The van der Waals surface area contributed by atoms with Gasteiger partial charge in [-0.1, -0.05) is 11.6 Å². The first-order valence-corrected chi connectivity index (χ1v) is 6.96. The van der Waals surface area contributed by atoms with Crippen molar-refractivity contribution in [3.8, 4) is 17.2 Å². The molecule has 0 saturated carbocycles. The summed E-state index contributed by atoms with van der Waals surface area (Å²) in [6.45, 7) is 2.46. The molecule has 2 aromatic carbocycles. The van der Waals surface area contributed by atoms with Crippen LogP contribution in [0.4, 0.5) is 0 Å². The maximum absolute atomic E-state index is 9.93. The number of phenols is 2. The Labute approximate surface area is 129 Å². The molecule has 5 heteroatoms. The van der Waals surface area contributed by atoms with Crippen molar-refractivity contribution in [2.75, 3.05) is 7.11 Å². The van der Waals surface area contributed by atoms with E-state index in [1.165, 1.54) is 6.07 Å². The topological polar surface area (TPSA) is 61.7 Å². The number of aromatic hydroxyl groups is 2. The predicted molar refractivity (Wildman–Crippen MR) is 83.0 cm³/mol. The van der Waals surface area contributed by atoms with E-state index >= 15 is 0 Å². The minimum atomic E-state index is -0.0822. The van der Waals surface area contributed by atoms with Crippen LogP contribution in [-0.2, 0) is 6.54 Å². The third-order valence-corrected chi connectivity index (χ3v) is 3.47. The molecule has 3 N–H and O–H groups in total. The Morgan fingerprint density at radius 1 is 1.19 bits per heavy atom. The summed E-state index contributed by atoms with van der Waals surface area (Å²) < 4.78 is 5.16. The second-order valence-electron chi connectivity index (χ2n) is 4.85. The minimum absolute atomic E-state index is 0.0822. The van der Waals surface area contributed by atoms with Crippen LogP contribution in [0.1, 0.15) is 24.1 Å². The molecule has 2 rings (SSSR count). The maximum atomic E-state index is 9.93. The lowest BCUT2D eigenvalue weighted by molar-refractivity contribution is 0.407. The van der Waals surface area contributed by atoms with Crippen molar-refractivity contribution in [3.05, 3.63) is 52.5 Å². The largest absolute Gasteiger partial charge is 0.508 e. The Kier molecular flexibility index (Phi) is 4.94. The van der Waals surface area contributed by atoms with Gasteiger partial charge in [-0.3, -0.25) is 0 Å². The van der Waals surface area contributed by atoms with Crippen molar-refractivity contribution < 1.29 is 14.9 Å². The van der Waals surface area contributed by atoms with E-state index in [0.717, 1.165) is 11.1 Å². The number of hydrogen-bond donors (Lipinski definition) is 3. The summed E-state index contributed by atoms with van der Waals surface area (Å²) >= 11 is 5.90. The fourth-order valence-electron chi connectivity index (χ4n) is 2.12. The van der Waals surface area contributed by atoms with Crippen LogP contribution < -0.4 is 10.1 Å². The van der Waals surface area contributed by atoms with Gasteiger partial charge in [0.2, 0.25) is 0 Å². The third-order valence-electron chi connectivity index (χ3n) is 3.26. The molecule has 0 heterocycles. The summed E-state index contributed by atoms with van der Waals surface area (Å²) in [7, 11) is 1.59. The van der Waals surface area contributed by atoms with Gasteiger partial charge in [0, 0.05) is 23.2 Å². The molecule has 0 bridgehead atoms. The fraction of sp³-hybridized carbons (Fsp3) is 0.250. The summed E-state index contributed by atoms with van der Waals surface area (Å²) in [4.78, 5) is 0. The van der Waals surface area contributed by atoms with Gasteiger partial charge >= 0.3 is 0 Å². The highest BCUT2D eigenvalue weighted by Crippen LogP contribution is 2.28. The van der Waals surface area contributed by atoms with E-state index in [9.17, 15) is 10.2 Å². The van der Waals surface area contributed by atoms with Crippen LogP contribution in [-0.4, -0.2) is 17.3 Å². The first-order valence-electron chi connectivity index (χ1n) is 6.58. The summed E-state index contributed by atoms with van der Waals surface area (Å²) in [6, 6.07) is 9.95. The van der Waals surface area contributed by atoms with E-state index in [-0.39, 0.29) is 17.5 Å². The number of methoxy groups -OCH3 is 1. The molecule has 0 spiro atoms. The van der Waals surface area contributed by atoms with Gasteiger partial charge in [0.1, 0.15) is 17.2 Å². The molecule has 0 aromatic heterocycles. The fourth-order valence-corrected chi connectivity index (χ4v) is 2.37.